The molecule has 0 unspecified atom stereocenters. The highest BCUT2D eigenvalue weighted by atomic mass is 35.5. The molecule has 1 aromatic heterocycles. The molecule has 0 saturated carbocycles. The number of aromatic nitrogens is 3. The van der Waals surface area contributed by atoms with Crippen LogP contribution in [0.2, 0.25) is 5.02 Å². The predicted octanol–water partition coefficient (Wildman–Crippen LogP) is 5.43. The largest absolute Gasteiger partial charge is 0.325 e. The summed E-state index contributed by atoms with van der Waals surface area (Å²) in [5.74, 6) is 1.04. The maximum absolute atomic E-state index is 12.3. The fraction of sp³-hybridized carbons (Fsp3) is 0.174. The van der Waals surface area contributed by atoms with Crippen LogP contribution in [0.15, 0.2) is 71.9 Å². The summed E-state index contributed by atoms with van der Waals surface area (Å²) in [5, 5.41) is 15.4. The third-order valence-corrected chi connectivity index (χ3v) is 5.98. The Labute approximate surface area is 184 Å². The minimum atomic E-state index is -0.108. The fourth-order valence-electron chi connectivity index (χ4n) is 3.38. The van der Waals surface area contributed by atoms with Crippen LogP contribution in [0, 0.1) is 0 Å². The lowest BCUT2D eigenvalue weighted by Gasteiger charge is -2.09. The molecule has 30 heavy (non-hydrogen) atoms. The van der Waals surface area contributed by atoms with E-state index in [1.807, 2.05) is 12.1 Å². The van der Waals surface area contributed by atoms with Crippen LogP contribution < -0.4 is 5.32 Å². The summed E-state index contributed by atoms with van der Waals surface area (Å²) < 4.78 is 2.07. The van der Waals surface area contributed by atoms with Gasteiger partial charge in [0.1, 0.15) is 5.82 Å². The topological polar surface area (TPSA) is 59.8 Å². The average molecular weight is 437 g/mol. The Hall–Kier alpha value is -2.83. The quantitative estimate of drug-likeness (QED) is 0.392. The second-order valence-corrected chi connectivity index (χ2v) is 8.18. The molecule has 7 heteroatoms. The lowest BCUT2D eigenvalue weighted by atomic mass is 10.0. The molecule has 5 nitrogen and oxygen atoms in total. The van der Waals surface area contributed by atoms with Crippen LogP contribution in [0.1, 0.15) is 18.3 Å². The number of carbonyl (C=O) groups is 1. The number of rotatable bonds is 7. The minimum Gasteiger partial charge on any atom is -0.325 e. The lowest BCUT2D eigenvalue weighted by Crippen LogP contribution is -2.14. The Morgan fingerprint density at radius 2 is 1.87 bits per heavy atom. The van der Waals surface area contributed by atoms with E-state index in [0.717, 1.165) is 17.5 Å². The van der Waals surface area contributed by atoms with Crippen molar-refractivity contribution in [2.45, 2.75) is 25.0 Å². The van der Waals surface area contributed by atoms with Crippen molar-refractivity contribution in [2.24, 2.45) is 0 Å². The third kappa shape index (κ3) is 4.66. The zero-order valence-corrected chi connectivity index (χ0v) is 18.1. The first-order chi connectivity index (χ1) is 14.6. The van der Waals surface area contributed by atoms with Crippen LogP contribution in [0.25, 0.3) is 10.8 Å². The Kier molecular flexibility index (Phi) is 6.35. The number of halogens is 1. The van der Waals surface area contributed by atoms with E-state index in [2.05, 4.69) is 63.4 Å². The molecular formula is C23H21ClN4OS. The predicted molar refractivity (Wildman–Crippen MR) is 123 cm³/mol. The van der Waals surface area contributed by atoms with E-state index in [1.165, 1.54) is 28.1 Å². The average Bonchev–Trinajstić information content (AvgIpc) is 3.14. The molecule has 1 heterocycles. The van der Waals surface area contributed by atoms with Crippen molar-refractivity contribution in [2.75, 3.05) is 11.1 Å². The second kappa shape index (κ2) is 9.32. The molecule has 1 N–H and O–H groups in total. The van der Waals surface area contributed by atoms with Gasteiger partial charge in [-0.1, -0.05) is 71.9 Å². The van der Waals surface area contributed by atoms with Gasteiger partial charge in [0.05, 0.1) is 5.75 Å². The number of nitrogens with one attached hydrogen (secondary N) is 1. The van der Waals surface area contributed by atoms with Crippen molar-refractivity contribution < 1.29 is 4.79 Å². The third-order valence-electron chi connectivity index (χ3n) is 4.78. The SMILES string of the molecule is CCn1c(Cc2cccc3ccccc23)nnc1SCC(=O)Nc1cccc(Cl)c1. The van der Waals surface area contributed by atoms with Gasteiger partial charge in [-0.25, -0.2) is 0 Å². The van der Waals surface area contributed by atoms with Gasteiger partial charge in [0.2, 0.25) is 5.91 Å². The van der Waals surface area contributed by atoms with E-state index in [0.29, 0.717) is 17.1 Å². The molecule has 152 valence electrons. The number of carbonyl (C=O) groups excluding carboxylic acids is 1. The summed E-state index contributed by atoms with van der Waals surface area (Å²) >= 11 is 7.35. The van der Waals surface area contributed by atoms with E-state index in [-0.39, 0.29) is 11.7 Å². The molecule has 0 aliphatic rings. The highest BCUT2D eigenvalue weighted by Crippen LogP contribution is 2.23. The first-order valence-electron chi connectivity index (χ1n) is 9.71. The standard InChI is InChI=1S/C23H21ClN4OS/c1-2-28-21(13-17-9-5-8-16-7-3-4-12-20(16)17)26-27-23(28)30-15-22(29)25-19-11-6-10-18(24)14-19/h3-12,14H,2,13,15H2,1H3,(H,25,29). The van der Waals surface area contributed by atoms with Gasteiger partial charge in [-0.15, -0.1) is 10.2 Å². The van der Waals surface area contributed by atoms with E-state index in [4.69, 9.17) is 11.6 Å². The zero-order valence-electron chi connectivity index (χ0n) is 16.5. The summed E-state index contributed by atoms with van der Waals surface area (Å²) in [5.41, 5.74) is 1.90. The van der Waals surface area contributed by atoms with Crippen molar-refractivity contribution in [3.8, 4) is 0 Å². The van der Waals surface area contributed by atoms with Crippen LogP contribution >= 0.6 is 23.4 Å². The summed E-state index contributed by atoms with van der Waals surface area (Å²) in [4.78, 5) is 12.3. The molecule has 0 atom stereocenters. The number of hydrogen-bond donors (Lipinski definition) is 1. The number of amides is 1. The number of fused-ring (bicyclic) bond motifs is 1. The van der Waals surface area contributed by atoms with E-state index in [1.54, 1.807) is 18.2 Å². The van der Waals surface area contributed by atoms with Crippen molar-refractivity contribution in [3.63, 3.8) is 0 Å². The molecule has 0 spiro atoms. The molecule has 0 fully saturated rings. The van der Waals surface area contributed by atoms with Crippen LogP contribution in [-0.2, 0) is 17.8 Å². The maximum atomic E-state index is 12.3. The number of thioether (sulfide) groups is 1. The van der Waals surface area contributed by atoms with E-state index < -0.39 is 0 Å². The maximum Gasteiger partial charge on any atom is 0.234 e. The molecular weight excluding hydrogens is 416 g/mol. The van der Waals surface area contributed by atoms with Gasteiger partial charge in [0.25, 0.3) is 0 Å². The van der Waals surface area contributed by atoms with Crippen molar-refractivity contribution >= 4 is 45.7 Å². The molecule has 4 rings (SSSR count). The molecule has 0 aliphatic heterocycles. The molecule has 4 aromatic rings. The highest BCUT2D eigenvalue weighted by molar-refractivity contribution is 7.99. The van der Waals surface area contributed by atoms with Crippen LogP contribution in [-0.4, -0.2) is 26.4 Å². The number of hydrogen-bond acceptors (Lipinski definition) is 4. The number of anilines is 1. The summed E-state index contributed by atoms with van der Waals surface area (Å²) in [6.45, 7) is 2.80. The summed E-state index contributed by atoms with van der Waals surface area (Å²) in [6.07, 6.45) is 0.692. The van der Waals surface area contributed by atoms with Crippen molar-refractivity contribution in [1.82, 2.24) is 14.8 Å². The Morgan fingerprint density at radius 1 is 1.07 bits per heavy atom. The summed E-state index contributed by atoms with van der Waals surface area (Å²) in [7, 11) is 0. The van der Waals surface area contributed by atoms with Gasteiger partial charge in [0.15, 0.2) is 5.16 Å². The van der Waals surface area contributed by atoms with Crippen LogP contribution in [0.4, 0.5) is 5.69 Å². The fourth-order valence-corrected chi connectivity index (χ4v) is 4.40. The molecule has 0 radical (unpaired) electrons. The van der Waals surface area contributed by atoms with Gasteiger partial charge in [-0.2, -0.15) is 0 Å². The van der Waals surface area contributed by atoms with Crippen molar-refractivity contribution in [3.05, 3.63) is 83.1 Å². The van der Waals surface area contributed by atoms with Gasteiger partial charge < -0.3 is 9.88 Å². The second-order valence-electron chi connectivity index (χ2n) is 6.81. The number of benzene rings is 3. The van der Waals surface area contributed by atoms with Crippen LogP contribution in [0.5, 0.6) is 0 Å². The Morgan fingerprint density at radius 3 is 2.70 bits per heavy atom. The van der Waals surface area contributed by atoms with E-state index in [9.17, 15) is 4.79 Å². The Balaban J connectivity index is 1.46. The molecule has 1 amide bonds. The van der Waals surface area contributed by atoms with Gasteiger partial charge in [-0.05, 0) is 41.5 Å². The smallest absolute Gasteiger partial charge is 0.234 e. The van der Waals surface area contributed by atoms with Gasteiger partial charge >= 0.3 is 0 Å². The van der Waals surface area contributed by atoms with Crippen LogP contribution in [0.3, 0.4) is 0 Å². The van der Waals surface area contributed by atoms with Gasteiger partial charge in [-0.3, -0.25) is 4.79 Å². The number of nitrogens with zero attached hydrogens (tertiary/aromatic N) is 3. The molecule has 0 saturated heterocycles. The first-order valence-corrected chi connectivity index (χ1v) is 11.1. The molecule has 3 aromatic carbocycles. The monoisotopic (exact) mass is 436 g/mol. The molecule has 0 aliphatic carbocycles. The molecule has 0 bridgehead atoms. The minimum absolute atomic E-state index is 0.108. The lowest BCUT2D eigenvalue weighted by molar-refractivity contribution is -0.113. The highest BCUT2D eigenvalue weighted by Gasteiger charge is 2.14. The normalized spacial score (nSPS) is 11.0. The Bertz CT molecular complexity index is 1190. The zero-order chi connectivity index (χ0) is 20.9. The first kappa shape index (κ1) is 20.4. The van der Waals surface area contributed by atoms with Crippen molar-refractivity contribution in [1.29, 1.82) is 0 Å². The summed E-state index contributed by atoms with van der Waals surface area (Å²) in [6, 6.07) is 21.8. The van der Waals surface area contributed by atoms with Gasteiger partial charge in [0, 0.05) is 23.7 Å². The van der Waals surface area contributed by atoms with E-state index >= 15 is 0 Å².